The molecule has 0 fully saturated rings. The SMILES string of the molecule is C=CCNC(=O)C(C)NCC(CC)(CC)CO. The van der Waals surface area contributed by atoms with Crippen LogP contribution in [0, 0.1) is 5.41 Å². The molecule has 4 nitrogen and oxygen atoms in total. The summed E-state index contributed by atoms with van der Waals surface area (Å²) in [6.45, 7) is 10.8. The van der Waals surface area contributed by atoms with Gasteiger partial charge in [-0.05, 0) is 19.8 Å². The highest BCUT2D eigenvalue weighted by atomic mass is 16.3. The first-order valence-electron chi connectivity index (χ1n) is 6.28. The smallest absolute Gasteiger partial charge is 0.237 e. The second-order valence-corrected chi connectivity index (χ2v) is 4.50. The molecule has 0 rings (SSSR count). The predicted octanol–water partition coefficient (Wildman–Crippen LogP) is 1.07. The van der Waals surface area contributed by atoms with E-state index in [4.69, 9.17) is 0 Å². The van der Waals surface area contributed by atoms with Gasteiger partial charge in [0.15, 0.2) is 0 Å². The molecule has 100 valence electrons. The van der Waals surface area contributed by atoms with Crippen LogP contribution in [0.15, 0.2) is 12.7 Å². The third-order valence-electron chi connectivity index (χ3n) is 3.43. The predicted molar refractivity (Wildman–Crippen MR) is 70.8 cm³/mol. The van der Waals surface area contributed by atoms with Gasteiger partial charge in [-0.3, -0.25) is 4.79 Å². The van der Waals surface area contributed by atoms with Crippen LogP contribution in [-0.4, -0.2) is 36.8 Å². The van der Waals surface area contributed by atoms with Gasteiger partial charge >= 0.3 is 0 Å². The Morgan fingerprint density at radius 3 is 2.47 bits per heavy atom. The standard InChI is InChI=1S/C13H26N2O2/c1-5-8-14-12(17)11(4)15-9-13(6-2,7-3)10-16/h5,11,15-16H,1,6-10H2,2-4H3,(H,14,17). The number of rotatable bonds is 9. The number of hydrogen-bond acceptors (Lipinski definition) is 3. The lowest BCUT2D eigenvalue weighted by molar-refractivity contribution is -0.122. The highest BCUT2D eigenvalue weighted by Crippen LogP contribution is 2.24. The van der Waals surface area contributed by atoms with Crippen molar-refractivity contribution in [1.82, 2.24) is 10.6 Å². The van der Waals surface area contributed by atoms with Gasteiger partial charge in [-0.25, -0.2) is 0 Å². The van der Waals surface area contributed by atoms with Crippen LogP contribution in [0.3, 0.4) is 0 Å². The first-order valence-corrected chi connectivity index (χ1v) is 6.28. The molecular formula is C13H26N2O2. The number of carbonyl (C=O) groups excluding carboxylic acids is 1. The van der Waals surface area contributed by atoms with Gasteiger partial charge in [0.1, 0.15) is 0 Å². The maximum atomic E-state index is 11.6. The topological polar surface area (TPSA) is 61.4 Å². The summed E-state index contributed by atoms with van der Waals surface area (Å²) in [4.78, 5) is 11.6. The van der Waals surface area contributed by atoms with Crippen molar-refractivity contribution in [3.05, 3.63) is 12.7 Å². The summed E-state index contributed by atoms with van der Waals surface area (Å²) in [5, 5.41) is 15.3. The lowest BCUT2D eigenvalue weighted by Gasteiger charge is -2.31. The summed E-state index contributed by atoms with van der Waals surface area (Å²) >= 11 is 0. The van der Waals surface area contributed by atoms with Gasteiger partial charge in [-0.15, -0.1) is 6.58 Å². The summed E-state index contributed by atoms with van der Waals surface area (Å²) in [6.07, 6.45) is 3.45. The Morgan fingerprint density at radius 1 is 1.47 bits per heavy atom. The maximum absolute atomic E-state index is 11.6. The fourth-order valence-corrected chi connectivity index (χ4v) is 1.57. The normalized spacial score (nSPS) is 13.2. The average molecular weight is 242 g/mol. The Morgan fingerprint density at radius 2 is 2.06 bits per heavy atom. The summed E-state index contributed by atoms with van der Waals surface area (Å²) < 4.78 is 0. The zero-order chi connectivity index (χ0) is 13.3. The molecule has 0 saturated carbocycles. The molecule has 3 N–H and O–H groups in total. The van der Waals surface area contributed by atoms with Crippen molar-refractivity contribution < 1.29 is 9.90 Å². The molecule has 4 heteroatoms. The quantitative estimate of drug-likeness (QED) is 0.530. The summed E-state index contributed by atoms with van der Waals surface area (Å²) in [5.41, 5.74) is -0.118. The van der Waals surface area contributed by atoms with Gasteiger partial charge in [0.05, 0.1) is 6.04 Å². The number of aliphatic hydroxyl groups excluding tert-OH is 1. The van der Waals surface area contributed by atoms with Crippen LogP contribution in [0.5, 0.6) is 0 Å². The molecule has 0 heterocycles. The minimum Gasteiger partial charge on any atom is -0.396 e. The molecule has 0 aliphatic carbocycles. The van der Waals surface area contributed by atoms with Crippen molar-refractivity contribution in [2.24, 2.45) is 5.41 Å². The van der Waals surface area contributed by atoms with E-state index in [9.17, 15) is 9.90 Å². The molecule has 0 bridgehead atoms. The van der Waals surface area contributed by atoms with Crippen LogP contribution in [0.1, 0.15) is 33.6 Å². The van der Waals surface area contributed by atoms with E-state index in [1.165, 1.54) is 0 Å². The summed E-state index contributed by atoms with van der Waals surface area (Å²) in [7, 11) is 0. The molecular weight excluding hydrogens is 216 g/mol. The third-order valence-corrected chi connectivity index (χ3v) is 3.43. The van der Waals surface area contributed by atoms with Crippen molar-refractivity contribution in [3.8, 4) is 0 Å². The van der Waals surface area contributed by atoms with E-state index in [0.717, 1.165) is 12.8 Å². The van der Waals surface area contributed by atoms with E-state index < -0.39 is 0 Å². The van der Waals surface area contributed by atoms with E-state index >= 15 is 0 Å². The zero-order valence-corrected chi connectivity index (χ0v) is 11.3. The molecule has 0 spiro atoms. The van der Waals surface area contributed by atoms with E-state index in [-0.39, 0.29) is 24.0 Å². The molecule has 1 amide bonds. The molecule has 0 aromatic carbocycles. The van der Waals surface area contributed by atoms with Crippen LogP contribution in [0.25, 0.3) is 0 Å². The fourth-order valence-electron chi connectivity index (χ4n) is 1.57. The third kappa shape index (κ3) is 5.33. The first kappa shape index (κ1) is 16.1. The van der Waals surface area contributed by atoms with Crippen molar-refractivity contribution in [2.45, 2.75) is 39.7 Å². The van der Waals surface area contributed by atoms with E-state index in [2.05, 4.69) is 31.1 Å². The van der Waals surface area contributed by atoms with Crippen molar-refractivity contribution in [3.63, 3.8) is 0 Å². The largest absolute Gasteiger partial charge is 0.396 e. The molecule has 0 aliphatic heterocycles. The van der Waals surface area contributed by atoms with Crippen molar-refractivity contribution in [2.75, 3.05) is 19.7 Å². The Labute approximate surface area is 104 Å². The monoisotopic (exact) mass is 242 g/mol. The molecule has 1 unspecified atom stereocenters. The number of amides is 1. The van der Waals surface area contributed by atoms with Crippen LogP contribution in [0.4, 0.5) is 0 Å². The Hall–Kier alpha value is -0.870. The number of carbonyl (C=O) groups is 1. The fraction of sp³-hybridized carbons (Fsp3) is 0.769. The van der Waals surface area contributed by atoms with Gasteiger partial charge in [0, 0.05) is 25.1 Å². The maximum Gasteiger partial charge on any atom is 0.237 e. The molecule has 17 heavy (non-hydrogen) atoms. The van der Waals surface area contributed by atoms with Crippen LogP contribution in [-0.2, 0) is 4.79 Å². The number of hydrogen-bond donors (Lipinski definition) is 3. The van der Waals surface area contributed by atoms with Gasteiger partial charge in [-0.2, -0.15) is 0 Å². The van der Waals surface area contributed by atoms with Crippen LogP contribution in [0.2, 0.25) is 0 Å². The first-order chi connectivity index (χ1) is 8.05. The number of aliphatic hydroxyl groups is 1. The Balaban J connectivity index is 4.16. The highest BCUT2D eigenvalue weighted by molar-refractivity contribution is 5.81. The number of nitrogens with one attached hydrogen (secondary N) is 2. The molecule has 0 aromatic rings. The van der Waals surface area contributed by atoms with Crippen molar-refractivity contribution in [1.29, 1.82) is 0 Å². The van der Waals surface area contributed by atoms with Gasteiger partial charge in [0.2, 0.25) is 5.91 Å². The van der Waals surface area contributed by atoms with Crippen LogP contribution < -0.4 is 10.6 Å². The molecule has 0 radical (unpaired) electrons. The minimum absolute atomic E-state index is 0.0380. The molecule has 1 atom stereocenters. The second kappa shape index (κ2) is 8.25. The van der Waals surface area contributed by atoms with Gasteiger partial charge in [-0.1, -0.05) is 19.9 Å². The molecule has 0 aromatic heterocycles. The Bertz CT molecular complexity index is 229. The van der Waals surface area contributed by atoms with Gasteiger partial charge in [0.25, 0.3) is 0 Å². The average Bonchev–Trinajstić information content (AvgIpc) is 2.37. The lowest BCUT2D eigenvalue weighted by atomic mass is 9.83. The van der Waals surface area contributed by atoms with E-state index in [0.29, 0.717) is 13.1 Å². The highest BCUT2D eigenvalue weighted by Gasteiger charge is 2.26. The Kier molecular flexibility index (Phi) is 7.83. The minimum atomic E-state index is -0.251. The second-order valence-electron chi connectivity index (χ2n) is 4.50. The van der Waals surface area contributed by atoms with Crippen LogP contribution >= 0.6 is 0 Å². The lowest BCUT2D eigenvalue weighted by Crippen LogP contribution is -2.47. The van der Waals surface area contributed by atoms with E-state index in [1.807, 2.05) is 6.92 Å². The van der Waals surface area contributed by atoms with Crippen molar-refractivity contribution >= 4 is 5.91 Å². The van der Waals surface area contributed by atoms with Gasteiger partial charge < -0.3 is 15.7 Å². The van der Waals surface area contributed by atoms with E-state index in [1.54, 1.807) is 6.08 Å². The molecule has 0 aliphatic rings. The summed E-state index contributed by atoms with van der Waals surface area (Å²) in [5.74, 6) is -0.0380. The molecule has 0 saturated heterocycles. The zero-order valence-electron chi connectivity index (χ0n) is 11.3. The summed E-state index contributed by atoms with van der Waals surface area (Å²) in [6, 6.07) is -0.251.